The van der Waals surface area contributed by atoms with E-state index < -0.39 is 5.54 Å². The number of ether oxygens (including phenoxy) is 1. The third-order valence-electron chi connectivity index (χ3n) is 4.96. The number of hydrogen-bond acceptors (Lipinski definition) is 4. The van der Waals surface area contributed by atoms with Crippen molar-refractivity contribution in [2.45, 2.75) is 37.6 Å². The monoisotopic (exact) mass is 317 g/mol. The molecule has 0 aliphatic carbocycles. The molecule has 0 unspecified atom stereocenters. The molecule has 0 atom stereocenters. The molecule has 0 aromatic heterocycles. The normalized spacial score (nSPS) is 21.3. The highest BCUT2D eigenvalue weighted by molar-refractivity contribution is 5.98. The summed E-state index contributed by atoms with van der Waals surface area (Å²) in [5, 5.41) is 2.95. The Labute approximate surface area is 138 Å². The van der Waals surface area contributed by atoms with Crippen LogP contribution in [0.1, 0.15) is 31.2 Å². The van der Waals surface area contributed by atoms with Crippen LogP contribution in [0.5, 0.6) is 0 Å². The molecule has 1 amide bonds. The van der Waals surface area contributed by atoms with Gasteiger partial charge in [-0.2, -0.15) is 0 Å². The van der Waals surface area contributed by atoms with Crippen LogP contribution in [0, 0.1) is 0 Å². The zero-order valence-electron chi connectivity index (χ0n) is 13.7. The summed E-state index contributed by atoms with van der Waals surface area (Å²) in [5.74, 6) is -0.106. The van der Waals surface area contributed by atoms with E-state index in [0.717, 1.165) is 18.7 Å². The maximum atomic E-state index is 12.4. The van der Waals surface area contributed by atoms with E-state index in [9.17, 15) is 4.79 Å². The highest BCUT2D eigenvalue weighted by atomic mass is 16.5. The standard InChI is InChI=1S/C18H27N3O2/c19-18(8-13-23-14-9-18)17(22)20-16-5-3-15(4-6-16)7-12-21-10-1-2-11-21/h3-6H,1-2,7-14,19H2,(H,20,22). The van der Waals surface area contributed by atoms with Crippen LogP contribution >= 0.6 is 0 Å². The minimum atomic E-state index is -0.799. The van der Waals surface area contributed by atoms with Gasteiger partial charge in [0.05, 0.1) is 0 Å². The van der Waals surface area contributed by atoms with Gasteiger partial charge in [0.15, 0.2) is 0 Å². The predicted molar refractivity (Wildman–Crippen MR) is 91.4 cm³/mol. The fourth-order valence-electron chi connectivity index (χ4n) is 3.27. The first-order valence-corrected chi connectivity index (χ1v) is 8.65. The van der Waals surface area contributed by atoms with Gasteiger partial charge in [-0.1, -0.05) is 12.1 Å². The van der Waals surface area contributed by atoms with Crippen LogP contribution in [0.3, 0.4) is 0 Å². The van der Waals surface area contributed by atoms with Crippen molar-refractivity contribution in [3.8, 4) is 0 Å². The Hall–Kier alpha value is -1.43. The number of carbonyl (C=O) groups excluding carboxylic acids is 1. The maximum Gasteiger partial charge on any atom is 0.244 e. The summed E-state index contributed by atoms with van der Waals surface area (Å²) in [4.78, 5) is 14.9. The lowest BCUT2D eigenvalue weighted by Crippen LogP contribution is -2.54. The van der Waals surface area contributed by atoms with E-state index in [-0.39, 0.29) is 5.91 Å². The molecule has 3 rings (SSSR count). The summed E-state index contributed by atoms with van der Waals surface area (Å²) >= 11 is 0. The molecule has 126 valence electrons. The highest BCUT2D eigenvalue weighted by Crippen LogP contribution is 2.20. The van der Waals surface area contributed by atoms with Crippen LogP contribution in [-0.2, 0) is 16.0 Å². The largest absolute Gasteiger partial charge is 0.381 e. The Morgan fingerprint density at radius 1 is 1.17 bits per heavy atom. The first-order chi connectivity index (χ1) is 11.2. The lowest BCUT2D eigenvalue weighted by molar-refractivity contribution is -0.124. The number of nitrogens with zero attached hydrogens (tertiary/aromatic N) is 1. The summed E-state index contributed by atoms with van der Waals surface area (Å²) in [6.07, 6.45) is 4.87. The smallest absolute Gasteiger partial charge is 0.244 e. The van der Waals surface area contributed by atoms with Gasteiger partial charge >= 0.3 is 0 Å². The molecule has 0 spiro atoms. The minimum absolute atomic E-state index is 0.106. The second kappa shape index (κ2) is 7.43. The molecule has 1 aromatic rings. The van der Waals surface area contributed by atoms with E-state index >= 15 is 0 Å². The number of rotatable bonds is 5. The van der Waals surface area contributed by atoms with Gasteiger partial charge < -0.3 is 20.7 Å². The number of likely N-dealkylation sites (tertiary alicyclic amines) is 1. The summed E-state index contributed by atoms with van der Waals surface area (Å²) in [5.41, 5.74) is 7.53. The number of nitrogens with one attached hydrogen (secondary N) is 1. The van der Waals surface area contributed by atoms with Crippen molar-refractivity contribution in [3.05, 3.63) is 29.8 Å². The van der Waals surface area contributed by atoms with Gasteiger partial charge in [-0.05, 0) is 62.9 Å². The van der Waals surface area contributed by atoms with Gasteiger partial charge in [-0.25, -0.2) is 0 Å². The number of anilines is 1. The van der Waals surface area contributed by atoms with Crippen LogP contribution in [0.4, 0.5) is 5.69 Å². The Morgan fingerprint density at radius 3 is 2.48 bits per heavy atom. The molecule has 1 aromatic carbocycles. The lowest BCUT2D eigenvalue weighted by atomic mass is 9.90. The van der Waals surface area contributed by atoms with Crippen molar-refractivity contribution in [1.29, 1.82) is 0 Å². The Morgan fingerprint density at radius 2 is 1.83 bits per heavy atom. The molecule has 2 aliphatic heterocycles. The fourth-order valence-corrected chi connectivity index (χ4v) is 3.27. The van der Waals surface area contributed by atoms with Gasteiger partial charge in [0.2, 0.25) is 5.91 Å². The zero-order valence-corrected chi connectivity index (χ0v) is 13.7. The van der Waals surface area contributed by atoms with Gasteiger partial charge in [-0.3, -0.25) is 4.79 Å². The van der Waals surface area contributed by atoms with E-state index in [0.29, 0.717) is 26.1 Å². The maximum absolute atomic E-state index is 12.4. The van der Waals surface area contributed by atoms with Gasteiger partial charge in [0, 0.05) is 25.4 Å². The topological polar surface area (TPSA) is 67.6 Å². The van der Waals surface area contributed by atoms with Crippen LogP contribution in [-0.4, -0.2) is 49.2 Å². The molecule has 2 aliphatic rings. The minimum Gasteiger partial charge on any atom is -0.381 e. The van der Waals surface area contributed by atoms with Crippen LogP contribution in [0.2, 0.25) is 0 Å². The molecule has 23 heavy (non-hydrogen) atoms. The number of benzene rings is 1. The second-order valence-electron chi connectivity index (χ2n) is 6.72. The number of carbonyl (C=O) groups is 1. The molecule has 5 nitrogen and oxygen atoms in total. The van der Waals surface area contributed by atoms with E-state index in [1.54, 1.807) is 0 Å². The Bertz CT molecular complexity index is 518. The number of nitrogens with two attached hydrogens (primary N) is 1. The predicted octanol–water partition coefficient (Wildman–Crippen LogP) is 1.77. The summed E-state index contributed by atoms with van der Waals surface area (Å²) in [7, 11) is 0. The van der Waals surface area contributed by atoms with E-state index in [1.807, 2.05) is 12.1 Å². The molecule has 0 saturated carbocycles. The lowest BCUT2D eigenvalue weighted by Gasteiger charge is -2.31. The van der Waals surface area contributed by atoms with Gasteiger partial charge in [0.25, 0.3) is 0 Å². The quantitative estimate of drug-likeness (QED) is 0.868. The van der Waals surface area contributed by atoms with Crippen LogP contribution < -0.4 is 11.1 Å². The van der Waals surface area contributed by atoms with E-state index in [4.69, 9.17) is 10.5 Å². The Kier molecular flexibility index (Phi) is 5.30. The fraction of sp³-hybridized carbons (Fsp3) is 0.611. The molecule has 2 heterocycles. The third-order valence-corrected chi connectivity index (χ3v) is 4.96. The Balaban J connectivity index is 1.51. The summed E-state index contributed by atoms with van der Waals surface area (Å²) in [6, 6.07) is 8.14. The number of hydrogen-bond donors (Lipinski definition) is 2. The molecular weight excluding hydrogens is 290 g/mol. The molecule has 2 fully saturated rings. The van der Waals surface area contributed by atoms with Crippen LogP contribution in [0.15, 0.2) is 24.3 Å². The SMILES string of the molecule is NC1(C(=O)Nc2ccc(CCN3CCCC3)cc2)CCOCC1. The first-order valence-electron chi connectivity index (χ1n) is 8.65. The molecule has 0 radical (unpaired) electrons. The molecule has 0 bridgehead atoms. The van der Waals surface area contributed by atoms with Gasteiger partial charge in [-0.15, -0.1) is 0 Å². The third kappa shape index (κ3) is 4.31. The summed E-state index contributed by atoms with van der Waals surface area (Å²) < 4.78 is 5.29. The van der Waals surface area contributed by atoms with E-state index in [2.05, 4.69) is 22.3 Å². The average molecular weight is 317 g/mol. The van der Waals surface area contributed by atoms with Crippen molar-refractivity contribution in [1.82, 2.24) is 4.90 Å². The van der Waals surface area contributed by atoms with Crippen molar-refractivity contribution in [2.24, 2.45) is 5.73 Å². The average Bonchev–Trinajstić information content (AvgIpc) is 3.08. The molecule has 3 N–H and O–H groups in total. The van der Waals surface area contributed by atoms with Crippen molar-refractivity contribution < 1.29 is 9.53 Å². The molecular formula is C18H27N3O2. The van der Waals surface area contributed by atoms with Crippen molar-refractivity contribution in [3.63, 3.8) is 0 Å². The van der Waals surface area contributed by atoms with E-state index in [1.165, 1.54) is 31.5 Å². The summed E-state index contributed by atoms with van der Waals surface area (Å²) in [6.45, 7) is 4.70. The molecule has 5 heteroatoms. The molecule has 2 saturated heterocycles. The van der Waals surface area contributed by atoms with Crippen LogP contribution in [0.25, 0.3) is 0 Å². The first kappa shape index (κ1) is 16.4. The second-order valence-corrected chi connectivity index (χ2v) is 6.72. The highest BCUT2D eigenvalue weighted by Gasteiger charge is 2.35. The zero-order chi connectivity index (χ0) is 16.1. The van der Waals surface area contributed by atoms with Gasteiger partial charge in [0.1, 0.15) is 5.54 Å². The number of amides is 1. The van der Waals surface area contributed by atoms with Crippen molar-refractivity contribution >= 4 is 11.6 Å². The van der Waals surface area contributed by atoms with Crippen molar-refractivity contribution in [2.75, 3.05) is 38.2 Å².